The van der Waals surface area contributed by atoms with Gasteiger partial charge >= 0.3 is 0 Å². The molecule has 0 heterocycles. The predicted octanol–water partition coefficient (Wildman–Crippen LogP) is 2.15. The van der Waals surface area contributed by atoms with Crippen molar-refractivity contribution in [3.05, 3.63) is 29.8 Å². The van der Waals surface area contributed by atoms with Crippen molar-refractivity contribution < 1.29 is 9.90 Å². The van der Waals surface area contributed by atoms with Crippen LogP contribution in [0.25, 0.3) is 0 Å². The summed E-state index contributed by atoms with van der Waals surface area (Å²) in [5.41, 5.74) is -0.355. The summed E-state index contributed by atoms with van der Waals surface area (Å²) in [6.07, 6.45) is 0. The molecule has 1 N–H and O–H groups in total. The summed E-state index contributed by atoms with van der Waals surface area (Å²) in [6.45, 7) is 3.59. The molecule has 0 bridgehead atoms. The highest BCUT2D eigenvalue weighted by molar-refractivity contribution is 7.99. The fourth-order valence-electron chi connectivity index (χ4n) is 1.71. The fourth-order valence-corrected chi connectivity index (χ4v) is 2.32. The lowest BCUT2D eigenvalue weighted by atomic mass is 10.1. The summed E-state index contributed by atoms with van der Waals surface area (Å²) in [4.78, 5) is 14.6. The van der Waals surface area contributed by atoms with E-state index in [1.807, 2.05) is 6.07 Å². The number of nitriles is 1. The van der Waals surface area contributed by atoms with Crippen LogP contribution in [-0.2, 0) is 0 Å². The second-order valence-electron chi connectivity index (χ2n) is 4.95. The molecule has 0 aromatic heterocycles. The van der Waals surface area contributed by atoms with Crippen LogP contribution in [0.4, 0.5) is 0 Å². The van der Waals surface area contributed by atoms with Gasteiger partial charge in [-0.25, -0.2) is 0 Å². The Labute approximate surface area is 118 Å². The minimum Gasteiger partial charge on any atom is -0.389 e. The van der Waals surface area contributed by atoms with Crippen LogP contribution >= 0.6 is 11.8 Å². The summed E-state index contributed by atoms with van der Waals surface area (Å²) in [6, 6.07) is 9.22. The van der Waals surface area contributed by atoms with Crippen LogP contribution in [0.2, 0.25) is 0 Å². The molecule has 0 saturated carbocycles. The highest BCUT2D eigenvalue weighted by Crippen LogP contribution is 2.19. The van der Waals surface area contributed by atoms with Gasteiger partial charge in [0.25, 0.3) is 5.91 Å². The lowest BCUT2D eigenvalue weighted by Crippen LogP contribution is -2.39. The number of hydrogen-bond acceptors (Lipinski definition) is 4. The summed E-state index contributed by atoms with van der Waals surface area (Å²) >= 11 is 1.40. The zero-order valence-corrected chi connectivity index (χ0v) is 12.2. The van der Waals surface area contributed by atoms with Gasteiger partial charge in [-0.15, -0.1) is 11.8 Å². The molecule has 1 aromatic carbocycles. The number of benzene rings is 1. The second kappa shape index (κ2) is 6.60. The molecule has 0 atom stereocenters. The topological polar surface area (TPSA) is 64.3 Å². The van der Waals surface area contributed by atoms with Gasteiger partial charge in [-0.2, -0.15) is 5.26 Å². The molecule has 0 fully saturated rings. The van der Waals surface area contributed by atoms with Crippen LogP contribution in [0.15, 0.2) is 29.2 Å². The van der Waals surface area contributed by atoms with Crippen molar-refractivity contribution in [3.8, 4) is 6.07 Å². The van der Waals surface area contributed by atoms with Gasteiger partial charge in [-0.05, 0) is 32.0 Å². The molecule has 19 heavy (non-hydrogen) atoms. The van der Waals surface area contributed by atoms with Gasteiger partial charge in [-0.1, -0.05) is 6.07 Å². The van der Waals surface area contributed by atoms with E-state index in [-0.39, 0.29) is 12.5 Å². The van der Waals surface area contributed by atoms with Gasteiger partial charge in [0.2, 0.25) is 0 Å². The smallest absolute Gasteiger partial charge is 0.253 e. The molecule has 0 aliphatic heterocycles. The molecule has 5 heteroatoms. The molecular formula is C14H18N2O2S. The summed E-state index contributed by atoms with van der Waals surface area (Å²) in [5, 5.41) is 18.3. The quantitative estimate of drug-likeness (QED) is 0.838. The summed E-state index contributed by atoms with van der Waals surface area (Å²) in [5.74, 6) is 0.221. The first-order valence-electron chi connectivity index (χ1n) is 5.91. The van der Waals surface area contributed by atoms with Gasteiger partial charge in [0.15, 0.2) is 0 Å². The Morgan fingerprint density at radius 2 is 2.21 bits per heavy atom. The lowest BCUT2D eigenvalue weighted by molar-refractivity contribution is 0.0368. The molecule has 1 aromatic rings. The summed E-state index contributed by atoms with van der Waals surface area (Å²) in [7, 11) is 1.66. The van der Waals surface area contributed by atoms with E-state index >= 15 is 0 Å². The van der Waals surface area contributed by atoms with Gasteiger partial charge in [0.1, 0.15) is 0 Å². The van der Waals surface area contributed by atoms with E-state index in [2.05, 4.69) is 6.07 Å². The average Bonchev–Trinajstić information content (AvgIpc) is 2.33. The van der Waals surface area contributed by atoms with Crippen LogP contribution in [0, 0.1) is 11.3 Å². The van der Waals surface area contributed by atoms with Crippen molar-refractivity contribution in [1.29, 1.82) is 5.26 Å². The van der Waals surface area contributed by atoms with Gasteiger partial charge in [0, 0.05) is 24.1 Å². The van der Waals surface area contributed by atoms with E-state index in [1.54, 1.807) is 39.1 Å². The molecule has 0 aliphatic carbocycles. The highest BCUT2D eigenvalue weighted by atomic mass is 32.2. The van der Waals surface area contributed by atoms with Crippen LogP contribution in [0.1, 0.15) is 24.2 Å². The Kier molecular flexibility index (Phi) is 5.40. The standard InChI is InChI=1S/C14H18N2O2S/c1-14(2,18)10-16(3)13(17)11-5-4-6-12(9-11)19-8-7-15/h4-6,9,18H,8,10H2,1-3H3. The zero-order chi connectivity index (χ0) is 14.5. The molecule has 0 aliphatic rings. The number of aliphatic hydroxyl groups is 1. The molecule has 0 spiro atoms. The third-order valence-electron chi connectivity index (χ3n) is 2.36. The van der Waals surface area contributed by atoms with Crippen molar-refractivity contribution in [3.63, 3.8) is 0 Å². The van der Waals surface area contributed by atoms with Crippen LogP contribution < -0.4 is 0 Å². The molecule has 102 valence electrons. The number of carbonyl (C=O) groups is 1. The average molecular weight is 278 g/mol. The van der Waals surface area contributed by atoms with E-state index in [9.17, 15) is 9.90 Å². The van der Waals surface area contributed by atoms with Gasteiger partial charge in [0.05, 0.1) is 17.4 Å². The number of rotatable bonds is 5. The number of hydrogen-bond donors (Lipinski definition) is 1. The maximum absolute atomic E-state index is 12.2. The van der Waals surface area contributed by atoms with E-state index in [0.717, 1.165) is 4.90 Å². The highest BCUT2D eigenvalue weighted by Gasteiger charge is 2.20. The van der Waals surface area contributed by atoms with Crippen molar-refractivity contribution >= 4 is 17.7 Å². The minimum atomic E-state index is -0.919. The summed E-state index contributed by atoms with van der Waals surface area (Å²) < 4.78 is 0. The Hall–Kier alpha value is -1.51. The van der Waals surface area contributed by atoms with Crippen LogP contribution in [0.3, 0.4) is 0 Å². The number of nitrogens with zero attached hydrogens (tertiary/aromatic N) is 2. The van der Waals surface area contributed by atoms with Crippen molar-refractivity contribution in [2.24, 2.45) is 0 Å². The van der Waals surface area contributed by atoms with Crippen molar-refractivity contribution in [2.75, 3.05) is 19.3 Å². The fraction of sp³-hybridized carbons (Fsp3) is 0.429. The molecule has 1 amide bonds. The Bertz CT molecular complexity index is 489. The number of likely N-dealkylation sites (N-methyl/N-ethyl adjacent to an activating group) is 1. The molecule has 0 radical (unpaired) electrons. The molecular weight excluding hydrogens is 260 g/mol. The third kappa shape index (κ3) is 5.33. The van der Waals surface area contributed by atoms with Gasteiger partial charge in [-0.3, -0.25) is 4.79 Å². The molecule has 1 rings (SSSR count). The zero-order valence-electron chi connectivity index (χ0n) is 11.4. The first kappa shape index (κ1) is 15.5. The van der Waals surface area contributed by atoms with E-state index in [1.165, 1.54) is 16.7 Å². The van der Waals surface area contributed by atoms with E-state index < -0.39 is 5.60 Å². The predicted molar refractivity (Wildman–Crippen MR) is 76.0 cm³/mol. The molecule has 0 saturated heterocycles. The van der Waals surface area contributed by atoms with E-state index in [4.69, 9.17) is 5.26 Å². The molecule has 0 unspecified atom stereocenters. The maximum atomic E-state index is 12.2. The monoisotopic (exact) mass is 278 g/mol. The molecule has 4 nitrogen and oxygen atoms in total. The third-order valence-corrected chi connectivity index (χ3v) is 3.22. The minimum absolute atomic E-state index is 0.137. The first-order chi connectivity index (χ1) is 8.83. The van der Waals surface area contributed by atoms with Gasteiger partial charge < -0.3 is 10.0 Å². The maximum Gasteiger partial charge on any atom is 0.253 e. The second-order valence-corrected chi connectivity index (χ2v) is 6.00. The normalized spacial score (nSPS) is 10.9. The SMILES string of the molecule is CN(CC(C)(C)O)C(=O)c1cccc(SCC#N)c1. The van der Waals surface area contributed by atoms with E-state index in [0.29, 0.717) is 11.3 Å². The largest absolute Gasteiger partial charge is 0.389 e. The number of carbonyl (C=O) groups excluding carboxylic acids is 1. The number of thioether (sulfide) groups is 1. The first-order valence-corrected chi connectivity index (χ1v) is 6.90. The Morgan fingerprint density at radius 1 is 1.53 bits per heavy atom. The number of amides is 1. The lowest BCUT2D eigenvalue weighted by Gasteiger charge is -2.25. The van der Waals surface area contributed by atoms with Crippen molar-refractivity contribution in [2.45, 2.75) is 24.3 Å². The Morgan fingerprint density at radius 3 is 2.79 bits per heavy atom. The Balaban J connectivity index is 2.79. The van der Waals surface area contributed by atoms with Crippen molar-refractivity contribution in [1.82, 2.24) is 4.90 Å². The van der Waals surface area contributed by atoms with Crippen LogP contribution in [-0.4, -0.2) is 40.9 Å². The van der Waals surface area contributed by atoms with Crippen LogP contribution in [0.5, 0.6) is 0 Å².